The Kier molecular flexibility index (Phi) is 6.10. The summed E-state index contributed by atoms with van der Waals surface area (Å²) in [7, 11) is 5.21. The van der Waals surface area contributed by atoms with Gasteiger partial charge in [-0.15, -0.1) is 0 Å². The molecular formula is C23H29N5O2. The maximum absolute atomic E-state index is 12.7. The van der Waals surface area contributed by atoms with Crippen molar-refractivity contribution >= 4 is 28.7 Å². The van der Waals surface area contributed by atoms with Crippen LogP contribution in [-0.4, -0.2) is 52.4 Å². The van der Waals surface area contributed by atoms with Gasteiger partial charge >= 0.3 is 6.03 Å². The molecule has 0 aliphatic carbocycles. The molecule has 2 aromatic carbocycles. The van der Waals surface area contributed by atoms with Gasteiger partial charge in [-0.25, -0.2) is 9.78 Å². The van der Waals surface area contributed by atoms with E-state index >= 15 is 0 Å². The van der Waals surface area contributed by atoms with Crippen LogP contribution in [0.4, 0.5) is 10.5 Å². The summed E-state index contributed by atoms with van der Waals surface area (Å²) in [4.78, 5) is 32.9. The van der Waals surface area contributed by atoms with Crippen LogP contribution >= 0.6 is 0 Å². The molecule has 0 bridgehead atoms. The summed E-state index contributed by atoms with van der Waals surface area (Å²) in [6, 6.07) is 11.3. The van der Waals surface area contributed by atoms with Crippen molar-refractivity contribution in [2.24, 2.45) is 0 Å². The number of anilines is 1. The Balaban J connectivity index is 1.84. The number of imidazole rings is 1. The number of urea groups is 1. The fraction of sp³-hybridized carbons (Fsp3) is 0.348. The molecule has 0 saturated heterocycles. The Hall–Kier alpha value is -3.35. The van der Waals surface area contributed by atoms with Crippen LogP contribution in [0.25, 0.3) is 11.0 Å². The van der Waals surface area contributed by atoms with Gasteiger partial charge in [0.2, 0.25) is 0 Å². The third kappa shape index (κ3) is 4.30. The van der Waals surface area contributed by atoms with E-state index in [0.717, 1.165) is 40.2 Å². The van der Waals surface area contributed by atoms with E-state index in [1.807, 2.05) is 57.2 Å². The fourth-order valence-corrected chi connectivity index (χ4v) is 3.41. The fourth-order valence-electron chi connectivity index (χ4n) is 3.41. The van der Waals surface area contributed by atoms with Gasteiger partial charge in [0.05, 0.1) is 17.6 Å². The lowest BCUT2D eigenvalue weighted by molar-refractivity contribution is 0.0827. The van der Waals surface area contributed by atoms with E-state index < -0.39 is 0 Å². The number of benzene rings is 2. The highest BCUT2D eigenvalue weighted by Crippen LogP contribution is 2.21. The van der Waals surface area contributed by atoms with E-state index in [1.165, 1.54) is 0 Å². The number of aryl methyl sites for hydroxylation is 3. The molecule has 7 nitrogen and oxygen atoms in total. The second kappa shape index (κ2) is 8.57. The van der Waals surface area contributed by atoms with Crippen LogP contribution in [0.1, 0.15) is 34.2 Å². The van der Waals surface area contributed by atoms with E-state index in [-0.39, 0.29) is 11.9 Å². The van der Waals surface area contributed by atoms with Crippen LogP contribution in [0.3, 0.4) is 0 Å². The molecule has 158 valence electrons. The number of hydrogen-bond donors (Lipinski definition) is 1. The highest BCUT2D eigenvalue weighted by molar-refractivity contribution is 5.97. The molecule has 0 aliphatic heterocycles. The third-order valence-electron chi connectivity index (χ3n) is 5.16. The summed E-state index contributed by atoms with van der Waals surface area (Å²) in [5.41, 5.74) is 5.22. The number of carbonyl (C=O) groups is 2. The van der Waals surface area contributed by atoms with Crippen LogP contribution in [0.2, 0.25) is 0 Å². The zero-order chi connectivity index (χ0) is 22.0. The number of fused-ring (bicyclic) bond motifs is 1. The molecule has 3 aromatic rings. The van der Waals surface area contributed by atoms with Gasteiger partial charge in [0.15, 0.2) is 0 Å². The Morgan fingerprint density at radius 1 is 1.07 bits per heavy atom. The number of nitrogens with one attached hydrogen (secondary N) is 1. The average Bonchev–Trinajstić information content (AvgIpc) is 3.05. The molecular weight excluding hydrogens is 378 g/mol. The van der Waals surface area contributed by atoms with Crippen molar-refractivity contribution in [3.05, 3.63) is 58.9 Å². The van der Waals surface area contributed by atoms with Gasteiger partial charge in [0.1, 0.15) is 5.82 Å². The first-order valence-corrected chi connectivity index (χ1v) is 10.0. The Morgan fingerprint density at radius 2 is 1.80 bits per heavy atom. The second-order valence-electron chi connectivity index (χ2n) is 7.78. The Bertz CT molecular complexity index is 1100. The van der Waals surface area contributed by atoms with Gasteiger partial charge in [0, 0.05) is 38.9 Å². The van der Waals surface area contributed by atoms with Crippen molar-refractivity contribution in [2.45, 2.75) is 33.9 Å². The standard InChI is InChI=1S/C23H29N5O2/c1-7-28-20-11-10-17(22(29)26(4)5)13-19(20)24-21(28)14-27(6)23(30)25-18-12-15(2)8-9-16(18)3/h8-13H,7,14H2,1-6H3,(H,25,30). The van der Waals surface area contributed by atoms with E-state index in [4.69, 9.17) is 4.98 Å². The third-order valence-corrected chi connectivity index (χ3v) is 5.16. The zero-order valence-electron chi connectivity index (χ0n) is 18.5. The molecule has 0 saturated carbocycles. The molecule has 7 heteroatoms. The summed E-state index contributed by atoms with van der Waals surface area (Å²) in [6.45, 7) is 7.09. The number of aromatic nitrogens is 2. The predicted octanol–water partition coefficient (Wildman–Crippen LogP) is 4.04. The molecule has 0 radical (unpaired) electrons. The highest BCUT2D eigenvalue weighted by Gasteiger charge is 2.17. The second-order valence-corrected chi connectivity index (χ2v) is 7.78. The summed E-state index contributed by atoms with van der Waals surface area (Å²) in [5.74, 6) is 0.718. The zero-order valence-corrected chi connectivity index (χ0v) is 18.5. The summed E-state index contributed by atoms with van der Waals surface area (Å²) < 4.78 is 2.07. The van der Waals surface area contributed by atoms with Crippen molar-refractivity contribution < 1.29 is 9.59 Å². The van der Waals surface area contributed by atoms with Gasteiger partial charge < -0.3 is 19.7 Å². The first-order valence-electron chi connectivity index (χ1n) is 10.0. The van der Waals surface area contributed by atoms with Crippen LogP contribution in [0.15, 0.2) is 36.4 Å². The maximum Gasteiger partial charge on any atom is 0.321 e. The molecule has 0 fully saturated rings. The van der Waals surface area contributed by atoms with Crippen LogP contribution in [0, 0.1) is 13.8 Å². The van der Waals surface area contributed by atoms with Crippen molar-refractivity contribution in [1.29, 1.82) is 0 Å². The minimum Gasteiger partial charge on any atom is -0.345 e. The van der Waals surface area contributed by atoms with Crippen LogP contribution in [-0.2, 0) is 13.1 Å². The van der Waals surface area contributed by atoms with Crippen molar-refractivity contribution in [3.8, 4) is 0 Å². The highest BCUT2D eigenvalue weighted by atomic mass is 16.2. The first kappa shape index (κ1) is 21.4. The SMILES string of the molecule is CCn1c(CN(C)C(=O)Nc2cc(C)ccc2C)nc2cc(C(=O)N(C)C)ccc21. The minimum atomic E-state index is -0.193. The normalized spacial score (nSPS) is 10.9. The quantitative estimate of drug-likeness (QED) is 0.694. The van der Waals surface area contributed by atoms with E-state index in [2.05, 4.69) is 9.88 Å². The Morgan fingerprint density at radius 3 is 2.47 bits per heavy atom. The number of hydrogen-bond acceptors (Lipinski definition) is 3. The molecule has 1 heterocycles. The summed E-state index contributed by atoms with van der Waals surface area (Å²) >= 11 is 0. The maximum atomic E-state index is 12.7. The summed E-state index contributed by atoms with van der Waals surface area (Å²) in [5, 5.41) is 2.98. The largest absolute Gasteiger partial charge is 0.345 e. The molecule has 1 aromatic heterocycles. The van der Waals surface area contributed by atoms with Gasteiger partial charge in [0.25, 0.3) is 5.91 Å². The predicted molar refractivity (Wildman–Crippen MR) is 120 cm³/mol. The molecule has 30 heavy (non-hydrogen) atoms. The molecule has 0 aliphatic rings. The lowest BCUT2D eigenvalue weighted by atomic mass is 10.1. The minimum absolute atomic E-state index is 0.0606. The Labute approximate surface area is 177 Å². The smallest absolute Gasteiger partial charge is 0.321 e. The lowest BCUT2D eigenvalue weighted by Crippen LogP contribution is -2.32. The van der Waals surface area contributed by atoms with E-state index in [1.54, 1.807) is 30.9 Å². The van der Waals surface area contributed by atoms with Gasteiger partial charge in [-0.2, -0.15) is 0 Å². The average molecular weight is 408 g/mol. The van der Waals surface area contributed by atoms with Crippen LogP contribution in [0.5, 0.6) is 0 Å². The first-order chi connectivity index (χ1) is 14.2. The molecule has 0 unspecified atom stereocenters. The van der Waals surface area contributed by atoms with Crippen molar-refractivity contribution in [2.75, 3.05) is 26.5 Å². The number of carbonyl (C=O) groups excluding carboxylic acids is 2. The van der Waals surface area contributed by atoms with Crippen LogP contribution < -0.4 is 5.32 Å². The molecule has 0 spiro atoms. The summed E-state index contributed by atoms with van der Waals surface area (Å²) in [6.07, 6.45) is 0. The van der Waals surface area contributed by atoms with Crippen molar-refractivity contribution in [3.63, 3.8) is 0 Å². The number of rotatable bonds is 5. The van der Waals surface area contributed by atoms with Gasteiger partial charge in [-0.1, -0.05) is 12.1 Å². The molecule has 3 amide bonds. The van der Waals surface area contributed by atoms with Gasteiger partial charge in [-0.3, -0.25) is 4.79 Å². The molecule has 1 N–H and O–H groups in total. The van der Waals surface area contributed by atoms with E-state index in [0.29, 0.717) is 12.1 Å². The van der Waals surface area contributed by atoms with Gasteiger partial charge in [-0.05, 0) is 56.2 Å². The monoisotopic (exact) mass is 407 g/mol. The topological polar surface area (TPSA) is 70.5 Å². The lowest BCUT2D eigenvalue weighted by Gasteiger charge is -2.19. The molecule has 3 rings (SSSR count). The number of nitrogens with zero attached hydrogens (tertiary/aromatic N) is 4. The van der Waals surface area contributed by atoms with Crippen molar-refractivity contribution in [1.82, 2.24) is 19.4 Å². The molecule has 0 atom stereocenters. The van der Waals surface area contributed by atoms with E-state index in [9.17, 15) is 9.59 Å². The number of amides is 3.